The number of nitrogens with one attached hydrogen (secondary N) is 1. The highest BCUT2D eigenvalue weighted by atomic mass is 16.5. The Morgan fingerprint density at radius 1 is 1.20 bits per heavy atom. The minimum absolute atomic E-state index is 0.396. The van der Waals surface area contributed by atoms with Crippen LogP contribution in [-0.2, 0) is 9.47 Å². The van der Waals surface area contributed by atoms with Crippen molar-refractivity contribution in [3.8, 4) is 0 Å². The van der Waals surface area contributed by atoms with E-state index in [0.717, 1.165) is 19.8 Å². The molecule has 2 saturated heterocycles. The number of ether oxygens (including phenoxy) is 2. The molecule has 2 aliphatic rings. The molecule has 0 amide bonds. The largest absolute Gasteiger partial charge is 0.378 e. The molecule has 0 aromatic heterocycles. The van der Waals surface area contributed by atoms with Crippen molar-refractivity contribution in [3.63, 3.8) is 0 Å². The van der Waals surface area contributed by atoms with Gasteiger partial charge in [-0.15, -0.1) is 0 Å². The Balaban J connectivity index is 1.51. The zero-order valence-corrected chi connectivity index (χ0v) is 9.71. The summed E-state index contributed by atoms with van der Waals surface area (Å²) in [6.07, 6.45) is 7.08. The van der Waals surface area contributed by atoms with Crippen molar-refractivity contribution in [3.05, 3.63) is 0 Å². The van der Waals surface area contributed by atoms with Gasteiger partial charge in [0.05, 0.1) is 12.2 Å². The summed E-state index contributed by atoms with van der Waals surface area (Å²) in [6.45, 7) is 5.17. The third-order valence-corrected chi connectivity index (χ3v) is 3.51. The van der Waals surface area contributed by atoms with E-state index in [4.69, 9.17) is 9.47 Å². The lowest BCUT2D eigenvalue weighted by atomic mass is 10.1. The average Bonchev–Trinajstić information content (AvgIpc) is 2.85. The van der Waals surface area contributed by atoms with Crippen molar-refractivity contribution in [1.82, 2.24) is 5.32 Å². The molecule has 0 aromatic rings. The average molecular weight is 213 g/mol. The molecule has 3 atom stereocenters. The molecule has 0 radical (unpaired) electrons. The number of rotatable bonds is 5. The summed E-state index contributed by atoms with van der Waals surface area (Å²) < 4.78 is 11.1. The second kappa shape index (κ2) is 5.83. The maximum absolute atomic E-state index is 5.59. The first-order valence-corrected chi connectivity index (χ1v) is 6.33. The molecule has 0 aliphatic carbocycles. The molecule has 2 fully saturated rings. The summed E-state index contributed by atoms with van der Waals surface area (Å²) in [5, 5.41) is 3.57. The molecule has 2 aliphatic heterocycles. The van der Waals surface area contributed by atoms with E-state index in [9.17, 15) is 0 Å². The summed E-state index contributed by atoms with van der Waals surface area (Å²) in [6, 6.07) is 0.578. The van der Waals surface area contributed by atoms with Gasteiger partial charge in [0, 0.05) is 19.3 Å². The molecule has 0 saturated carbocycles. The van der Waals surface area contributed by atoms with Gasteiger partial charge in [0.25, 0.3) is 0 Å². The Kier molecular flexibility index (Phi) is 4.42. The molecule has 15 heavy (non-hydrogen) atoms. The van der Waals surface area contributed by atoms with Gasteiger partial charge in [0.1, 0.15) is 0 Å². The first kappa shape index (κ1) is 11.4. The molecule has 0 aromatic carbocycles. The van der Waals surface area contributed by atoms with Gasteiger partial charge in [0.15, 0.2) is 0 Å². The smallest absolute Gasteiger partial charge is 0.0700 e. The third kappa shape index (κ3) is 3.44. The highest BCUT2D eigenvalue weighted by Gasteiger charge is 2.23. The van der Waals surface area contributed by atoms with Crippen LogP contribution in [0, 0.1) is 0 Å². The molecule has 1 N–H and O–H groups in total. The van der Waals surface area contributed by atoms with Crippen LogP contribution in [0.25, 0.3) is 0 Å². The quantitative estimate of drug-likeness (QED) is 0.705. The number of hydrogen-bond donors (Lipinski definition) is 1. The minimum Gasteiger partial charge on any atom is -0.378 e. The van der Waals surface area contributed by atoms with Crippen molar-refractivity contribution < 1.29 is 9.47 Å². The molecule has 3 unspecified atom stereocenters. The van der Waals surface area contributed by atoms with Crippen LogP contribution in [0.5, 0.6) is 0 Å². The summed E-state index contributed by atoms with van der Waals surface area (Å²) in [7, 11) is 0. The fourth-order valence-electron chi connectivity index (χ4n) is 2.49. The first-order chi connectivity index (χ1) is 7.36. The Morgan fingerprint density at radius 3 is 2.80 bits per heavy atom. The van der Waals surface area contributed by atoms with Crippen molar-refractivity contribution in [2.24, 2.45) is 0 Å². The van der Waals surface area contributed by atoms with Gasteiger partial charge in [-0.1, -0.05) is 0 Å². The fourth-order valence-corrected chi connectivity index (χ4v) is 2.49. The van der Waals surface area contributed by atoms with Crippen molar-refractivity contribution in [1.29, 1.82) is 0 Å². The van der Waals surface area contributed by atoms with Crippen LogP contribution < -0.4 is 5.32 Å². The van der Waals surface area contributed by atoms with Crippen LogP contribution in [0.1, 0.15) is 39.0 Å². The van der Waals surface area contributed by atoms with Gasteiger partial charge < -0.3 is 14.8 Å². The molecule has 3 nitrogen and oxygen atoms in total. The Morgan fingerprint density at radius 2 is 2.13 bits per heavy atom. The van der Waals surface area contributed by atoms with Gasteiger partial charge in [-0.3, -0.25) is 0 Å². The summed E-state index contributed by atoms with van der Waals surface area (Å²) in [5.74, 6) is 0. The molecule has 0 bridgehead atoms. The van der Waals surface area contributed by atoms with Crippen LogP contribution in [-0.4, -0.2) is 38.0 Å². The van der Waals surface area contributed by atoms with Crippen molar-refractivity contribution >= 4 is 0 Å². The van der Waals surface area contributed by atoms with Gasteiger partial charge in [-0.2, -0.15) is 0 Å². The van der Waals surface area contributed by atoms with E-state index in [1.165, 1.54) is 32.1 Å². The van der Waals surface area contributed by atoms with E-state index < -0.39 is 0 Å². The normalized spacial score (nSPS) is 36.2. The third-order valence-electron chi connectivity index (χ3n) is 3.51. The van der Waals surface area contributed by atoms with E-state index in [2.05, 4.69) is 12.2 Å². The van der Waals surface area contributed by atoms with Gasteiger partial charge >= 0.3 is 0 Å². The van der Waals surface area contributed by atoms with E-state index in [1.807, 2.05) is 0 Å². The molecule has 3 heteroatoms. The van der Waals surface area contributed by atoms with E-state index >= 15 is 0 Å². The SMILES string of the molecule is CC1OCCC1NCCCC1CCCO1. The zero-order valence-electron chi connectivity index (χ0n) is 9.71. The topological polar surface area (TPSA) is 30.5 Å². The molecular weight excluding hydrogens is 190 g/mol. The maximum atomic E-state index is 5.59. The van der Waals surface area contributed by atoms with E-state index in [1.54, 1.807) is 0 Å². The molecule has 2 rings (SSSR count). The fraction of sp³-hybridized carbons (Fsp3) is 1.00. The van der Waals surface area contributed by atoms with Crippen LogP contribution in [0.3, 0.4) is 0 Å². The van der Waals surface area contributed by atoms with E-state index in [0.29, 0.717) is 18.2 Å². The summed E-state index contributed by atoms with van der Waals surface area (Å²) in [5.41, 5.74) is 0. The molecule has 88 valence electrons. The standard InChI is InChI=1S/C12H23NO2/c1-10-12(6-9-14-10)13-7-2-4-11-5-3-8-15-11/h10-13H,2-9H2,1H3. The van der Waals surface area contributed by atoms with Gasteiger partial charge in [0.2, 0.25) is 0 Å². The second-order valence-corrected chi connectivity index (χ2v) is 4.70. The van der Waals surface area contributed by atoms with Crippen molar-refractivity contribution in [2.75, 3.05) is 19.8 Å². The Labute approximate surface area is 92.5 Å². The van der Waals surface area contributed by atoms with Crippen LogP contribution in [0.4, 0.5) is 0 Å². The Bertz CT molecular complexity index is 180. The monoisotopic (exact) mass is 213 g/mol. The van der Waals surface area contributed by atoms with Crippen molar-refractivity contribution in [2.45, 2.75) is 57.3 Å². The van der Waals surface area contributed by atoms with Crippen LogP contribution in [0.15, 0.2) is 0 Å². The lowest BCUT2D eigenvalue weighted by Crippen LogP contribution is -2.35. The lowest BCUT2D eigenvalue weighted by Gasteiger charge is -2.16. The maximum Gasteiger partial charge on any atom is 0.0700 e. The molecular formula is C12H23NO2. The second-order valence-electron chi connectivity index (χ2n) is 4.70. The number of hydrogen-bond acceptors (Lipinski definition) is 3. The lowest BCUT2D eigenvalue weighted by molar-refractivity contribution is 0.100. The predicted molar refractivity (Wildman–Crippen MR) is 60.0 cm³/mol. The van der Waals surface area contributed by atoms with Gasteiger partial charge in [-0.05, 0) is 45.6 Å². The van der Waals surface area contributed by atoms with Gasteiger partial charge in [-0.25, -0.2) is 0 Å². The Hall–Kier alpha value is -0.120. The minimum atomic E-state index is 0.396. The predicted octanol–water partition coefficient (Wildman–Crippen LogP) is 1.71. The van der Waals surface area contributed by atoms with Crippen LogP contribution in [0.2, 0.25) is 0 Å². The summed E-state index contributed by atoms with van der Waals surface area (Å²) >= 11 is 0. The van der Waals surface area contributed by atoms with Crippen LogP contribution >= 0.6 is 0 Å². The summed E-state index contributed by atoms with van der Waals surface area (Å²) in [4.78, 5) is 0. The highest BCUT2D eigenvalue weighted by molar-refractivity contribution is 4.79. The zero-order chi connectivity index (χ0) is 10.5. The first-order valence-electron chi connectivity index (χ1n) is 6.33. The molecule has 0 spiro atoms. The highest BCUT2D eigenvalue weighted by Crippen LogP contribution is 2.17. The van der Waals surface area contributed by atoms with E-state index in [-0.39, 0.29) is 0 Å². The molecule has 2 heterocycles.